The highest BCUT2D eigenvalue weighted by molar-refractivity contribution is 9.10. The van der Waals surface area contributed by atoms with Gasteiger partial charge in [-0.3, -0.25) is 9.69 Å². The molecule has 0 aromatic heterocycles. The fourth-order valence-electron chi connectivity index (χ4n) is 2.19. The molecule has 7 heteroatoms. The van der Waals surface area contributed by atoms with Crippen LogP contribution >= 0.6 is 15.9 Å². The molecule has 0 aliphatic heterocycles. The quantitative estimate of drug-likeness (QED) is 0.834. The first-order chi connectivity index (χ1) is 10.9. The Balaban J connectivity index is 2.54. The second-order valence-electron chi connectivity index (χ2n) is 4.70. The van der Waals surface area contributed by atoms with E-state index in [0.717, 1.165) is 0 Å². The summed E-state index contributed by atoms with van der Waals surface area (Å²) in [5.74, 6) is -0.587. The molecule has 0 spiro atoms. The van der Waals surface area contributed by atoms with Gasteiger partial charge in [0.15, 0.2) is 0 Å². The third kappa shape index (κ3) is 3.81. The van der Waals surface area contributed by atoms with Gasteiger partial charge >= 0.3 is 12.0 Å². The number of carbonyl (C=O) groups is 2. The maximum Gasteiger partial charge on any atom is 0.324 e. The molecule has 0 aliphatic rings. The minimum atomic E-state index is -0.947. The number of urea groups is 1. The number of anilines is 2. The maximum absolute atomic E-state index is 12.0. The third-order valence-electron chi connectivity index (χ3n) is 3.15. The van der Waals surface area contributed by atoms with Crippen LogP contribution in [0.5, 0.6) is 5.75 Å². The fraction of sp³-hybridized carbons (Fsp3) is 0.125. The van der Waals surface area contributed by atoms with Crippen LogP contribution in [0.4, 0.5) is 16.2 Å². The van der Waals surface area contributed by atoms with Gasteiger partial charge in [-0.15, -0.1) is 0 Å². The minimum absolute atomic E-state index is 0.137. The topological polar surface area (TPSA) is 92.9 Å². The number of rotatable bonds is 5. The SMILES string of the molecule is COc1cc(CC(=O)O)ccc1N(C(N)=O)c1ccccc1Br. The molecular formula is C16H15BrN2O4. The summed E-state index contributed by atoms with van der Waals surface area (Å²) in [5.41, 5.74) is 7.08. The molecule has 2 rings (SSSR count). The van der Waals surface area contributed by atoms with E-state index in [0.29, 0.717) is 27.2 Å². The highest BCUT2D eigenvalue weighted by Crippen LogP contribution is 2.37. The van der Waals surface area contributed by atoms with Gasteiger partial charge in [0.25, 0.3) is 0 Å². The summed E-state index contributed by atoms with van der Waals surface area (Å²) in [7, 11) is 1.45. The van der Waals surface area contributed by atoms with Crippen LogP contribution in [0.1, 0.15) is 5.56 Å². The Bertz CT molecular complexity index is 749. The number of nitrogens with zero attached hydrogens (tertiary/aromatic N) is 1. The second kappa shape index (κ2) is 7.15. The summed E-state index contributed by atoms with van der Waals surface area (Å²) < 4.78 is 5.99. The zero-order chi connectivity index (χ0) is 17.0. The van der Waals surface area contributed by atoms with Crippen molar-refractivity contribution in [3.63, 3.8) is 0 Å². The van der Waals surface area contributed by atoms with E-state index in [4.69, 9.17) is 15.6 Å². The van der Waals surface area contributed by atoms with Crippen LogP contribution in [-0.2, 0) is 11.2 Å². The van der Waals surface area contributed by atoms with E-state index in [2.05, 4.69) is 15.9 Å². The van der Waals surface area contributed by atoms with E-state index >= 15 is 0 Å². The first kappa shape index (κ1) is 16.8. The highest BCUT2D eigenvalue weighted by Gasteiger charge is 2.21. The lowest BCUT2D eigenvalue weighted by Gasteiger charge is -2.24. The van der Waals surface area contributed by atoms with Gasteiger partial charge in [0.05, 0.1) is 24.9 Å². The molecule has 0 radical (unpaired) electrons. The zero-order valence-electron chi connectivity index (χ0n) is 12.3. The molecule has 0 aliphatic carbocycles. The Morgan fingerprint density at radius 1 is 1.22 bits per heavy atom. The Morgan fingerprint density at radius 2 is 1.91 bits per heavy atom. The van der Waals surface area contributed by atoms with Gasteiger partial charge in [-0.05, 0) is 45.8 Å². The summed E-state index contributed by atoms with van der Waals surface area (Å²) in [6.07, 6.45) is -0.137. The Morgan fingerprint density at radius 3 is 2.48 bits per heavy atom. The predicted octanol–water partition coefficient (Wildman–Crippen LogP) is 3.30. The average molecular weight is 379 g/mol. The number of ether oxygens (including phenoxy) is 1. The predicted molar refractivity (Wildman–Crippen MR) is 90.2 cm³/mol. The van der Waals surface area contributed by atoms with Gasteiger partial charge in [-0.25, -0.2) is 4.79 Å². The van der Waals surface area contributed by atoms with Crippen molar-refractivity contribution in [2.24, 2.45) is 5.73 Å². The van der Waals surface area contributed by atoms with Crippen molar-refractivity contribution in [3.05, 3.63) is 52.5 Å². The molecule has 0 heterocycles. The van der Waals surface area contributed by atoms with E-state index in [1.54, 1.807) is 36.4 Å². The van der Waals surface area contributed by atoms with Crippen LogP contribution in [0.25, 0.3) is 0 Å². The van der Waals surface area contributed by atoms with Gasteiger partial charge in [-0.1, -0.05) is 18.2 Å². The average Bonchev–Trinajstić information content (AvgIpc) is 2.49. The molecule has 0 fully saturated rings. The second-order valence-corrected chi connectivity index (χ2v) is 5.56. The molecule has 0 bridgehead atoms. The number of benzene rings is 2. The normalized spacial score (nSPS) is 10.2. The highest BCUT2D eigenvalue weighted by atomic mass is 79.9. The van der Waals surface area contributed by atoms with Crippen LogP contribution in [0.15, 0.2) is 46.9 Å². The Labute approximate surface area is 141 Å². The summed E-state index contributed by atoms with van der Waals surface area (Å²) in [6, 6.07) is 11.3. The number of halogens is 1. The van der Waals surface area contributed by atoms with Gasteiger partial charge < -0.3 is 15.6 Å². The lowest BCUT2D eigenvalue weighted by atomic mass is 10.1. The van der Waals surface area contributed by atoms with Gasteiger partial charge in [0.2, 0.25) is 0 Å². The Hall–Kier alpha value is -2.54. The lowest BCUT2D eigenvalue weighted by Crippen LogP contribution is -2.32. The van der Waals surface area contributed by atoms with E-state index in [9.17, 15) is 9.59 Å². The molecule has 2 aromatic carbocycles. The number of carboxylic acids is 1. The molecule has 2 amide bonds. The molecular weight excluding hydrogens is 364 g/mol. The van der Waals surface area contributed by atoms with Gasteiger partial charge in [0.1, 0.15) is 5.75 Å². The first-order valence-corrected chi connectivity index (χ1v) is 7.46. The first-order valence-electron chi connectivity index (χ1n) is 6.67. The number of carbonyl (C=O) groups excluding carboxylic acids is 1. The van der Waals surface area contributed by atoms with Crippen molar-refractivity contribution in [1.29, 1.82) is 0 Å². The minimum Gasteiger partial charge on any atom is -0.495 e. The molecule has 0 unspecified atom stereocenters. The standard InChI is InChI=1S/C16H15BrN2O4/c1-23-14-8-10(9-15(20)21)6-7-13(14)19(16(18)22)12-5-3-2-4-11(12)17/h2-8H,9H2,1H3,(H2,18,22)(H,20,21). The van der Waals surface area contributed by atoms with Crippen molar-refractivity contribution in [1.82, 2.24) is 0 Å². The lowest BCUT2D eigenvalue weighted by molar-refractivity contribution is -0.136. The number of carboxylic acid groups (broad SMARTS) is 1. The van der Waals surface area contributed by atoms with E-state index < -0.39 is 12.0 Å². The number of aliphatic carboxylic acids is 1. The van der Waals surface area contributed by atoms with E-state index in [1.165, 1.54) is 12.0 Å². The maximum atomic E-state index is 12.0. The van der Waals surface area contributed by atoms with Gasteiger partial charge in [0, 0.05) is 4.47 Å². The third-order valence-corrected chi connectivity index (χ3v) is 3.82. The summed E-state index contributed by atoms with van der Waals surface area (Å²) in [5, 5.41) is 8.88. The molecule has 0 saturated heterocycles. The zero-order valence-corrected chi connectivity index (χ0v) is 13.9. The van der Waals surface area contributed by atoms with Crippen molar-refractivity contribution < 1.29 is 19.4 Å². The summed E-state index contributed by atoms with van der Waals surface area (Å²) in [6.45, 7) is 0. The van der Waals surface area contributed by atoms with Crippen LogP contribution in [0, 0.1) is 0 Å². The van der Waals surface area contributed by atoms with Crippen LogP contribution < -0.4 is 15.4 Å². The van der Waals surface area contributed by atoms with Crippen molar-refractivity contribution in [2.75, 3.05) is 12.0 Å². The number of hydrogen-bond donors (Lipinski definition) is 2. The number of hydrogen-bond acceptors (Lipinski definition) is 3. The van der Waals surface area contributed by atoms with Crippen molar-refractivity contribution in [2.45, 2.75) is 6.42 Å². The number of nitrogens with two attached hydrogens (primary N) is 1. The number of para-hydroxylation sites is 1. The molecule has 0 atom stereocenters. The summed E-state index contributed by atoms with van der Waals surface area (Å²) >= 11 is 3.39. The van der Waals surface area contributed by atoms with Crippen molar-refractivity contribution >= 4 is 39.3 Å². The molecule has 3 N–H and O–H groups in total. The largest absolute Gasteiger partial charge is 0.495 e. The van der Waals surface area contributed by atoms with E-state index in [-0.39, 0.29) is 6.42 Å². The van der Waals surface area contributed by atoms with Crippen LogP contribution in [0.2, 0.25) is 0 Å². The molecule has 120 valence electrons. The van der Waals surface area contributed by atoms with Crippen LogP contribution in [-0.4, -0.2) is 24.2 Å². The molecule has 0 saturated carbocycles. The number of methoxy groups -OCH3 is 1. The molecule has 6 nitrogen and oxygen atoms in total. The van der Waals surface area contributed by atoms with Crippen LogP contribution in [0.3, 0.4) is 0 Å². The fourth-order valence-corrected chi connectivity index (χ4v) is 2.65. The van der Waals surface area contributed by atoms with Gasteiger partial charge in [-0.2, -0.15) is 0 Å². The number of primary amides is 1. The van der Waals surface area contributed by atoms with E-state index in [1.807, 2.05) is 6.07 Å². The Kier molecular flexibility index (Phi) is 5.23. The van der Waals surface area contributed by atoms with Crippen molar-refractivity contribution in [3.8, 4) is 5.75 Å². The number of amides is 2. The summed E-state index contributed by atoms with van der Waals surface area (Å²) in [4.78, 5) is 24.1. The molecule has 2 aromatic rings. The molecule has 23 heavy (non-hydrogen) atoms. The monoisotopic (exact) mass is 378 g/mol. The smallest absolute Gasteiger partial charge is 0.324 e.